The lowest BCUT2D eigenvalue weighted by Crippen LogP contribution is -2.26. The lowest BCUT2D eigenvalue weighted by molar-refractivity contribution is 0.0932. The number of carbonyl (C=O) groups is 1. The van der Waals surface area contributed by atoms with Crippen LogP contribution in [0, 0.1) is 6.92 Å². The molecule has 1 N–H and O–H groups in total. The second-order valence-corrected chi connectivity index (χ2v) is 5.21. The summed E-state index contributed by atoms with van der Waals surface area (Å²) in [6, 6.07) is 10.8. The van der Waals surface area contributed by atoms with Crippen molar-refractivity contribution < 1.29 is 9.32 Å². The summed E-state index contributed by atoms with van der Waals surface area (Å²) in [6.45, 7) is 3.78. The van der Waals surface area contributed by atoms with Crippen LogP contribution in [0.2, 0.25) is 0 Å². The summed E-state index contributed by atoms with van der Waals surface area (Å²) >= 11 is 0. The third-order valence-corrected chi connectivity index (χ3v) is 3.47. The number of aryl methyl sites for hydroxylation is 1. The number of hydrogen-bond acceptors (Lipinski definition) is 5. The molecule has 1 unspecified atom stereocenters. The molecule has 0 saturated heterocycles. The van der Waals surface area contributed by atoms with Crippen LogP contribution in [0.15, 0.2) is 53.3 Å². The van der Waals surface area contributed by atoms with E-state index in [1.54, 1.807) is 25.3 Å². The molecule has 0 bridgehead atoms. The Bertz CT molecular complexity index is 814. The minimum Gasteiger partial charge on any atom is -0.340 e. The van der Waals surface area contributed by atoms with E-state index in [4.69, 9.17) is 4.52 Å². The molecule has 0 aliphatic rings. The molecular formula is C17H16N4O2. The highest BCUT2D eigenvalue weighted by molar-refractivity contribution is 5.93. The van der Waals surface area contributed by atoms with Crippen LogP contribution in [0.25, 0.3) is 11.4 Å². The van der Waals surface area contributed by atoms with Crippen molar-refractivity contribution in [3.05, 3.63) is 65.8 Å². The molecule has 2 aromatic heterocycles. The Hall–Kier alpha value is -3.02. The summed E-state index contributed by atoms with van der Waals surface area (Å²) in [7, 11) is 0. The molecule has 0 saturated carbocycles. The van der Waals surface area contributed by atoms with E-state index in [0.717, 1.165) is 11.1 Å². The van der Waals surface area contributed by atoms with Crippen LogP contribution in [0.1, 0.15) is 34.8 Å². The molecule has 0 radical (unpaired) electrons. The summed E-state index contributed by atoms with van der Waals surface area (Å²) in [6.07, 6.45) is 3.13. The zero-order chi connectivity index (χ0) is 16.2. The number of nitrogens with one attached hydrogen (secondary N) is 1. The van der Waals surface area contributed by atoms with E-state index in [2.05, 4.69) is 20.4 Å². The van der Waals surface area contributed by atoms with E-state index in [-0.39, 0.29) is 5.91 Å². The first-order valence-electron chi connectivity index (χ1n) is 7.25. The largest absolute Gasteiger partial charge is 0.340 e. The van der Waals surface area contributed by atoms with Crippen LogP contribution in [0.3, 0.4) is 0 Å². The molecule has 1 amide bonds. The highest BCUT2D eigenvalue weighted by Gasteiger charge is 2.18. The van der Waals surface area contributed by atoms with Gasteiger partial charge < -0.3 is 9.84 Å². The third-order valence-electron chi connectivity index (χ3n) is 3.47. The second-order valence-electron chi connectivity index (χ2n) is 5.21. The van der Waals surface area contributed by atoms with Gasteiger partial charge in [-0.1, -0.05) is 29.4 Å². The topological polar surface area (TPSA) is 80.9 Å². The number of aromatic nitrogens is 3. The Kier molecular flexibility index (Phi) is 4.14. The monoisotopic (exact) mass is 308 g/mol. The summed E-state index contributed by atoms with van der Waals surface area (Å²) in [5.41, 5.74) is 2.46. The molecule has 6 heteroatoms. The number of carbonyl (C=O) groups excluding carboxylic acids is 1. The van der Waals surface area contributed by atoms with Crippen LogP contribution < -0.4 is 5.32 Å². The summed E-state index contributed by atoms with van der Waals surface area (Å²) < 4.78 is 5.28. The van der Waals surface area contributed by atoms with Gasteiger partial charge in [0.15, 0.2) is 0 Å². The van der Waals surface area contributed by atoms with Gasteiger partial charge in [-0.25, -0.2) is 0 Å². The van der Waals surface area contributed by atoms with Crippen LogP contribution in [0.4, 0.5) is 0 Å². The number of rotatable bonds is 4. The maximum absolute atomic E-state index is 12.1. The van der Waals surface area contributed by atoms with Crippen molar-refractivity contribution >= 4 is 5.91 Å². The van der Waals surface area contributed by atoms with Crippen molar-refractivity contribution in [3.8, 4) is 11.4 Å². The van der Waals surface area contributed by atoms with Gasteiger partial charge in [-0.05, 0) is 31.5 Å². The molecule has 3 rings (SSSR count). The fourth-order valence-corrected chi connectivity index (χ4v) is 2.18. The quantitative estimate of drug-likeness (QED) is 0.801. The molecular weight excluding hydrogens is 292 g/mol. The van der Waals surface area contributed by atoms with Gasteiger partial charge in [0, 0.05) is 18.0 Å². The smallest absolute Gasteiger partial charge is 0.253 e. The summed E-state index contributed by atoms with van der Waals surface area (Å²) in [5, 5.41) is 6.82. The summed E-state index contributed by atoms with van der Waals surface area (Å²) in [4.78, 5) is 20.4. The number of amides is 1. The van der Waals surface area contributed by atoms with Crippen LogP contribution in [-0.4, -0.2) is 21.0 Å². The average molecular weight is 308 g/mol. The molecule has 0 aliphatic carbocycles. The van der Waals surface area contributed by atoms with E-state index in [0.29, 0.717) is 17.3 Å². The van der Waals surface area contributed by atoms with Gasteiger partial charge in [-0.15, -0.1) is 0 Å². The Morgan fingerprint density at radius 1 is 1.22 bits per heavy atom. The Morgan fingerprint density at radius 3 is 2.78 bits per heavy atom. The fourth-order valence-electron chi connectivity index (χ4n) is 2.18. The number of hydrogen-bond donors (Lipinski definition) is 1. The molecule has 2 heterocycles. The predicted octanol–water partition coefficient (Wildman–Crippen LogP) is 2.93. The Labute approximate surface area is 133 Å². The van der Waals surface area contributed by atoms with Crippen molar-refractivity contribution in [1.82, 2.24) is 20.4 Å². The lowest BCUT2D eigenvalue weighted by Gasteiger charge is -2.09. The van der Waals surface area contributed by atoms with E-state index in [9.17, 15) is 4.79 Å². The van der Waals surface area contributed by atoms with Crippen LogP contribution in [-0.2, 0) is 0 Å². The van der Waals surface area contributed by atoms with Gasteiger partial charge >= 0.3 is 0 Å². The zero-order valence-electron chi connectivity index (χ0n) is 12.9. The summed E-state index contributed by atoms with van der Waals surface area (Å²) in [5.74, 6) is 0.641. The first kappa shape index (κ1) is 14.9. The van der Waals surface area contributed by atoms with Gasteiger partial charge in [0.25, 0.3) is 5.91 Å². The molecule has 116 valence electrons. The SMILES string of the molecule is Cc1ccccc1-c1noc(C(C)NC(=O)c2cccnc2)n1. The van der Waals surface area contributed by atoms with Crippen LogP contribution in [0.5, 0.6) is 0 Å². The highest BCUT2D eigenvalue weighted by Crippen LogP contribution is 2.21. The zero-order valence-corrected chi connectivity index (χ0v) is 12.9. The van der Waals surface area contributed by atoms with E-state index in [1.807, 2.05) is 31.2 Å². The van der Waals surface area contributed by atoms with Crippen molar-refractivity contribution in [2.75, 3.05) is 0 Å². The molecule has 1 atom stereocenters. The molecule has 0 spiro atoms. The molecule has 0 fully saturated rings. The number of nitrogens with zero attached hydrogens (tertiary/aromatic N) is 3. The van der Waals surface area contributed by atoms with Crippen molar-refractivity contribution in [2.45, 2.75) is 19.9 Å². The Balaban J connectivity index is 1.75. The van der Waals surface area contributed by atoms with Crippen molar-refractivity contribution in [3.63, 3.8) is 0 Å². The fraction of sp³-hybridized carbons (Fsp3) is 0.176. The van der Waals surface area contributed by atoms with E-state index < -0.39 is 6.04 Å². The first-order chi connectivity index (χ1) is 11.1. The van der Waals surface area contributed by atoms with Gasteiger partial charge in [0.1, 0.15) is 6.04 Å². The van der Waals surface area contributed by atoms with Crippen LogP contribution >= 0.6 is 0 Å². The lowest BCUT2D eigenvalue weighted by atomic mass is 10.1. The van der Waals surface area contributed by atoms with E-state index >= 15 is 0 Å². The van der Waals surface area contributed by atoms with Gasteiger partial charge in [-0.3, -0.25) is 9.78 Å². The normalized spacial score (nSPS) is 11.9. The first-order valence-corrected chi connectivity index (χ1v) is 7.25. The predicted molar refractivity (Wildman–Crippen MR) is 84.6 cm³/mol. The van der Waals surface area contributed by atoms with Crippen molar-refractivity contribution in [2.24, 2.45) is 0 Å². The maximum atomic E-state index is 12.1. The third kappa shape index (κ3) is 3.26. The van der Waals surface area contributed by atoms with Crippen molar-refractivity contribution in [1.29, 1.82) is 0 Å². The molecule has 0 aliphatic heterocycles. The molecule has 6 nitrogen and oxygen atoms in total. The van der Waals surface area contributed by atoms with Gasteiger partial charge in [0.2, 0.25) is 11.7 Å². The second kappa shape index (κ2) is 6.39. The highest BCUT2D eigenvalue weighted by atomic mass is 16.5. The molecule has 1 aromatic carbocycles. The molecule has 23 heavy (non-hydrogen) atoms. The van der Waals surface area contributed by atoms with E-state index in [1.165, 1.54) is 6.20 Å². The average Bonchev–Trinajstić information content (AvgIpc) is 3.06. The van der Waals surface area contributed by atoms with Gasteiger partial charge in [0.05, 0.1) is 5.56 Å². The standard InChI is InChI=1S/C17H16N4O2/c1-11-6-3-4-8-14(11)15-20-17(23-21-15)12(2)19-16(22)13-7-5-9-18-10-13/h3-10,12H,1-2H3,(H,19,22). The van der Waals surface area contributed by atoms with Gasteiger partial charge in [-0.2, -0.15) is 4.98 Å². The minimum absolute atomic E-state index is 0.235. The maximum Gasteiger partial charge on any atom is 0.253 e. The molecule has 3 aromatic rings. The number of pyridine rings is 1. The Morgan fingerprint density at radius 2 is 2.04 bits per heavy atom. The minimum atomic E-state index is -0.395. The number of benzene rings is 1.